The van der Waals surface area contributed by atoms with E-state index in [2.05, 4.69) is 276 Å². The van der Waals surface area contributed by atoms with Gasteiger partial charge in [0, 0.05) is 38.9 Å². The molecule has 0 aromatic heterocycles. The predicted octanol–water partition coefficient (Wildman–Crippen LogP) is 17.5. The Kier molecular flexibility index (Phi) is 12.8. The van der Waals surface area contributed by atoms with Gasteiger partial charge >= 0.3 is 0 Å². The lowest BCUT2D eigenvalue weighted by Gasteiger charge is -2.38. The van der Waals surface area contributed by atoms with E-state index < -0.39 is 8.07 Å². The molecule has 0 heterocycles. The minimum Gasteiger partial charge on any atom is -0.125 e. The molecule has 0 unspecified atom stereocenters. The fourth-order valence-corrected chi connectivity index (χ4v) is 16.5. The van der Waals surface area contributed by atoms with E-state index in [1.165, 1.54) is 16.2 Å². The standard InChI is InChI=1S/C73H52Si/c1-50(2)74(51(3)4,52(5)6)43-42-60-32-19-38-66-46-63-35-16-29-57(70(63)49-73(60)66)24-10-9-23-56-28-15-34-62-45-65-37-18-31-59(72(65)48-69(56)62)41-40-58-30-17-36-64-44-61-33-14-27-55(68(61)47-71(58)64)22-8-7-20-53-25-13-26-54-21-11-12-39-67(53)54/h11-19,21,25-39,44-52H,1-6H3. The van der Waals surface area contributed by atoms with Crippen LogP contribution < -0.4 is 0 Å². The number of hydrogen-bond acceptors (Lipinski definition) is 0. The first-order valence-corrected chi connectivity index (χ1v) is 27.8. The number of rotatable bonds is 3. The first kappa shape index (κ1) is 47.2. The third kappa shape index (κ3) is 9.06. The number of hydrogen-bond donors (Lipinski definition) is 0. The molecule has 0 aliphatic heterocycles. The molecule has 0 amide bonds. The van der Waals surface area contributed by atoms with E-state index in [-0.39, 0.29) is 0 Å². The summed E-state index contributed by atoms with van der Waals surface area (Å²) in [5, 5.41) is 15.7. The molecular weight excluding hydrogens is 905 g/mol. The summed E-state index contributed by atoms with van der Waals surface area (Å²) in [6.45, 7) is 14.2. The van der Waals surface area contributed by atoms with Crippen LogP contribution in [0.4, 0.5) is 0 Å². The van der Waals surface area contributed by atoms with Crippen molar-refractivity contribution in [3.8, 4) is 70.7 Å². The van der Waals surface area contributed by atoms with Gasteiger partial charge in [-0.25, -0.2) is 0 Å². The highest BCUT2D eigenvalue weighted by Gasteiger charge is 2.41. The highest BCUT2D eigenvalue weighted by atomic mass is 28.3. The average Bonchev–Trinajstić information content (AvgIpc) is 3.41. The van der Waals surface area contributed by atoms with Gasteiger partial charge < -0.3 is 0 Å². The van der Waals surface area contributed by atoms with Crippen LogP contribution in [-0.4, -0.2) is 8.07 Å². The van der Waals surface area contributed by atoms with Gasteiger partial charge in [-0.1, -0.05) is 192 Å². The highest BCUT2D eigenvalue weighted by Crippen LogP contribution is 2.41. The average molecular weight is 957 g/mol. The van der Waals surface area contributed by atoms with Gasteiger partial charge in [0.15, 0.2) is 0 Å². The zero-order valence-electron chi connectivity index (χ0n) is 42.6. The molecule has 0 aliphatic rings. The summed E-state index contributed by atoms with van der Waals surface area (Å²) >= 11 is 0. The molecule has 11 aromatic carbocycles. The summed E-state index contributed by atoms with van der Waals surface area (Å²) in [5.41, 5.74) is 12.5. The molecule has 348 valence electrons. The third-order valence-electron chi connectivity index (χ3n) is 15.0. The van der Waals surface area contributed by atoms with Gasteiger partial charge in [0.1, 0.15) is 8.07 Å². The SMILES string of the molecule is CC(C)[Si](C#Cc1cccc2cc3cccc(C#CC#Cc4cccc5cc6cccc(C#Cc7cccc8cc9cccc(C#CC#Cc%10cccc%11ccccc%10%11)c9cc78)c6cc45)c3cc12)(C(C)C)C(C)C. The van der Waals surface area contributed by atoms with Crippen molar-refractivity contribution in [3.63, 3.8) is 0 Å². The van der Waals surface area contributed by atoms with Crippen LogP contribution in [0.15, 0.2) is 188 Å². The molecule has 74 heavy (non-hydrogen) atoms. The molecule has 0 fully saturated rings. The van der Waals surface area contributed by atoms with Crippen LogP contribution in [0.3, 0.4) is 0 Å². The summed E-state index contributed by atoms with van der Waals surface area (Å²) in [7, 11) is -1.91. The van der Waals surface area contributed by atoms with Gasteiger partial charge in [0.25, 0.3) is 0 Å². The molecule has 0 aliphatic carbocycles. The van der Waals surface area contributed by atoms with Gasteiger partial charge in [-0.2, -0.15) is 0 Å². The molecule has 0 nitrogen and oxygen atoms in total. The lowest BCUT2D eigenvalue weighted by atomic mass is 9.96. The van der Waals surface area contributed by atoms with Crippen molar-refractivity contribution in [2.24, 2.45) is 0 Å². The van der Waals surface area contributed by atoms with Crippen molar-refractivity contribution in [1.82, 2.24) is 0 Å². The fraction of sp³-hybridized carbons (Fsp3) is 0.123. The monoisotopic (exact) mass is 956 g/mol. The van der Waals surface area contributed by atoms with E-state index in [0.29, 0.717) is 16.6 Å². The summed E-state index contributed by atoms with van der Waals surface area (Å²) in [6.07, 6.45) is 0. The Labute approximate surface area is 436 Å². The van der Waals surface area contributed by atoms with Crippen molar-refractivity contribution in [2.45, 2.75) is 58.2 Å². The van der Waals surface area contributed by atoms with E-state index in [9.17, 15) is 0 Å². The minimum absolute atomic E-state index is 0.569. The van der Waals surface area contributed by atoms with Crippen molar-refractivity contribution in [1.29, 1.82) is 0 Å². The maximum atomic E-state index is 3.95. The molecule has 0 atom stereocenters. The quantitative estimate of drug-likeness (QED) is 0.0940. The molecule has 0 N–H and O–H groups in total. The second kappa shape index (κ2) is 20.1. The summed E-state index contributed by atoms with van der Waals surface area (Å²) < 4.78 is 0. The Morgan fingerprint density at radius 1 is 0.243 bits per heavy atom. The van der Waals surface area contributed by atoms with Crippen LogP contribution in [0.5, 0.6) is 0 Å². The van der Waals surface area contributed by atoms with Crippen LogP contribution in [0.25, 0.3) is 75.4 Å². The maximum Gasteiger partial charge on any atom is 0.146 e. The summed E-state index contributed by atoms with van der Waals surface area (Å²) in [5.74, 6) is 37.1. The predicted molar refractivity (Wildman–Crippen MR) is 320 cm³/mol. The van der Waals surface area contributed by atoms with Gasteiger partial charge in [0.2, 0.25) is 0 Å². The maximum absolute atomic E-state index is 3.95. The van der Waals surface area contributed by atoms with Gasteiger partial charge in [-0.05, 0) is 195 Å². The Balaban J connectivity index is 0.912. The van der Waals surface area contributed by atoms with Crippen molar-refractivity contribution in [3.05, 3.63) is 227 Å². The summed E-state index contributed by atoms with van der Waals surface area (Å²) in [6, 6.07) is 66.1. The van der Waals surface area contributed by atoms with E-state index in [4.69, 9.17) is 0 Å². The lowest BCUT2D eigenvalue weighted by molar-refractivity contribution is 0.838. The van der Waals surface area contributed by atoms with Gasteiger partial charge in [-0.15, -0.1) is 5.54 Å². The van der Waals surface area contributed by atoms with E-state index in [0.717, 1.165) is 98.2 Å². The Morgan fingerprint density at radius 2 is 0.500 bits per heavy atom. The minimum atomic E-state index is -1.91. The number of fused-ring (bicyclic) bond motifs is 7. The molecule has 0 saturated carbocycles. The zero-order chi connectivity index (χ0) is 50.8. The molecule has 0 bridgehead atoms. The second-order valence-electron chi connectivity index (χ2n) is 20.1. The van der Waals surface area contributed by atoms with Crippen LogP contribution in [0, 0.1) is 70.7 Å². The molecule has 1 heteroatoms. The molecule has 0 saturated heterocycles. The van der Waals surface area contributed by atoms with E-state index in [1.54, 1.807) is 0 Å². The van der Waals surface area contributed by atoms with Crippen molar-refractivity contribution >= 4 is 83.5 Å². The van der Waals surface area contributed by atoms with Gasteiger partial charge in [0.05, 0.1) is 0 Å². The first-order chi connectivity index (χ1) is 36.1. The molecule has 11 aromatic rings. The van der Waals surface area contributed by atoms with Crippen LogP contribution in [0.2, 0.25) is 16.6 Å². The smallest absolute Gasteiger partial charge is 0.125 e. The largest absolute Gasteiger partial charge is 0.146 e. The van der Waals surface area contributed by atoms with E-state index >= 15 is 0 Å². The van der Waals surface area contributed by atoms with Crippen molar-refractivity contribution < 1.29 is 0 Å². The fourth-order valence-electron chi connectivity index (χ4n) is 11.3. The Morgan fingerprint density at radius 3 is 0.824 bits per heavy atom. The second-order valence-corrected chi connectivity index (χ2v) is 25.7. The van der Waals surface area contributed by atoms with E-state index in [1.807, 2.05) is 24.3 Å². The third-order valence-corrected chi connectivity index (χ3v) is 21.2. The topological polar surface area (TPSA) is 0 Å². The normalized spacial score (nSPS) is 11.1. The first-order valence-electron chi connectivity index (χ1n) is 25.6. The summed E-state index contributed by atoms with van der Waals surface area (Å²) in [4.78, 5) is 0. The van der Waals surface area contributed by atoms with Crippen LogP contribution >= 0.6 is 0 Å². The highest BCUT2D eigenvalue weighted by molar-refractivity contribution is 6.90. The van der Waals surface area contributed by atoms with Crippen molar-refractivity contribution in [2.75, 3.05) is 0 Å². The number of benzene rings is 11. The molecule has 11 rings (SSSR count). The van der Waals surface area contributed by atoms with Crippen LogP contribution in [0.1, 0.15) is 80.5 Å². The molecule has 0 spiro atoms. The zero-order valence-corrected chi connectivity index (χ0v) is 43.6. The Hall–Kier alpha value is -9.18. The molecule has 0 radical (unpaired) electrons. The van der Waals surface area contributed by atoms with Gasteiger partial charge in [-0.3, -0.25) is 0 Å². The lowest BCUT2D eigenvalue weighted by Crippen LogP contribution is -2.43. The molecular formula is C73H52Si. The Bertz CT molecular complexity index is 4480. The van der Waals surface area contributed by atoms with Crippen LogP contribution in [-0.2, 0) is 0 Å².